The summed E-state index contributed by atoms with van der Waals surface area (Å²) in [7, 11) is 0. The molecule has 0 unspecified atom stereocenters. The summed E-state index contributed by atoms with van der Waals surface area (Å²) in [6.45, 7) is 4.55. The second-order valence-corrected chi connectivity index (χ2v) is 7.56. The van der Waals surface area contributed by atoms with Gasteiger partial charge in [0.15, 0.2) is 0 Å². The number of aliphatic hydroxyl groups excluding tert-OH is 1. The minimum atomic E-state index is 0.308. The number of nitrogens with zero attached hydrogens (tertiary/aromatic N) is 1. The van der Waals surface area contributed by atoms with Crippen LogP contribution in [0, 0.1) is 13.8 Å². The van der Waals surface area contributed by atoms with E-state index >= 15 is 0 Å². The molecule has 1 N–H and O–H groups in total. The summed E-state index contributed by atoms with van der Waals surface area (Å²) in [5.41, 5.74) is 7.43. The van der Waals surface area contributed by atoms with Gasteiger partial charge in [0.25, 0.3) is 0 Å². The minimum Gasteiger partial charge on any atom is -0.396 e. The first-order valence-corrected chi connectivity index (χ1v) is 10.3. The first kappa shape index (κ1) is 20.2. The zero-order valence-electron chi connectivity index (χ0n) is 17.1. The van der Waals surface area contributed by atoms with Gasteiger partial charge in [-0.3, -0.25) is 0 Å². The van der Waals surface area contributed by atoms with E-state index in [0.29, 0.717) is 6.61 Å². The zero-order chi connectivity index (χ0) is 19.8. The fourth-order valence-corrected chi connectivity index (χ4v) is 3.44. The van der Waals surface area contributed by atoms with Crippen molar-refractivity contribution in [3.63, 3.8) is 0 Å². The molecule has 28 heavy (non-hydrogen) atoms. The molecule has 0 bridgehead atoms. The maximum Gasteiger partial charge on any atom is 0.0461 e. The molecular formula is C26H31NO. The van der Waals surface area contributed by atoms with Crippen molar-refractivity contribution in [2.24, 2.45) is 0 Å². The molecule has 3 aromatic rings. The van der Waals surface area contributed by atoms with E-state index in [1.165, 1.54) is 46.6 Å². The average Bonchev–Trinajstić information content (AvgIpc) is 2.72. The Kier molecular flexibility index (Phi) is 7.27. The third kappa shape index (κ3) is 5.46. The van der Waals surface area contributed by atoms with Gasteiger partial charge >= 0.3 is 0 Å². The van der Waals surface area contributed by atoms with Gasteiger partial charge in [-0.1, -0.05) is 60.4 Å². The Morgan fingerprint density at radius 1 is 0.571 bits per heavy atom. The SMILES string of the molecule is Cc1ccc(N(c2ccc(C)cc2)c2ccc(CCCCCCO)cc2)cc1. The lowest BCUT2D eigenvalue weighted by molar-refractivity contribution is 0.282. The molecule has 0 amide bonds. The predicted molar refractivity (Wildman–Crippen MR) is 120 cm³/mol. The minimum absolute atomic E-state index is 0.308. The van der Waals surface area contributed by atoms with E-state index in [-0.39, 0.29) is 0 Å². The molecule has 0 saturated carbocycles. The van der Waals surface area contributed by atoms with E-state index in [4.69, 9.17) is 5.11 Å². The summed E-state index contributed by atoms with van der Waals surface area (Å²) in [5.74, 6) is 0. The van der Waals surface area contributed by atoms with Gasteiger partial charge in [-0.05, 0) is 75.1 Å². The standard InChI is InChI=1S/C26H31NO/c1-21-8-14-24(15-9-21)27(25-16-10-22(2)11-17-25)26-18-12-23(13-19-26)7-5-3-4-6-20-28/h8-19,28H,3-7,20H2,1-2H3. The molecule has 0 saturated heterocycles. The van der Waals surface area contributed by atoms with Crippen molar-refractivity contribution in [3.05, 3.63) is 89.5 Å². The Labute approximate surface area is 169 Å². The molecule has 0 aliphatic carbocycles. The Morgan fingerprint density at radius 2 is 1.00 bits per heavy atom. The van der Waals surface area contributed by atoms with E-state index < -0.39 is 0 Å². The smallest absolute Gasteiger partial charge is 0.0461 e. The summed E-state index contributed by atoms with van der Waals surface area (Å²) in [6, 6.07) is 26.3. The van der Waals surface area contributed by atoms with Gasteiger partial charge in [0.1, 0.15) is 0 Å². The van der Waals surface area contributed by atoms with E-state index in [1.54, 1.807) is 0 Å². The molecule has 0 fully saturated rings. The predicted octanol–water partition coefficient (Wildman–Crippen LogP) is 6.87. The van der Waals surface area contributed by atoms with Crippen LogP contribution in [0.2, 0.25) is 0 Å². The lowest BCUT2D eigenvalue weighted by atomic mass is 10.0. The lowest BCUT2D eigenvalue weighted by Gasteiger charge is -2.26. The van der Waals surface area contributed by atoms with E-state index in [1.807, 2.05) is 0 Å². The molecule has 2 nitrogen and oxygen atoms in total. The topological polar surface area (TPSA) is 23.5 Å². The number of hydrogen-bond donors (Lipinski definition) is 1. The lowest BCUT2D eigenvalue weighted by Crippen LogP contribution is -2.10. The maximum absolute atomic E-state index is 8.88. The Bertz CT molecular complexity index is 790. The van der Waals surface area contributed by atoms with Gasteiger partial charge in [0.2, 0.25) is 0 Å². The maximum atomic E-state index is 8.88. The van der Waals surface area contributed by atoms with Gasteiger partial charge in [-0.25, -0.2) is 0 Å². The zero-order valence-corrected chi connectivity index (χ0v) is 17.1. The van der Waals surface area contributed by atoms with E-state index in [2.05, 4.69) is 91.5 Å². The van der Waals surface area contributed by atoms with Gasteiger partial charge in [-0.2, -0.15) is 0 Å². The van der Waals surface area contributed by atoms with Crippen LogP contribution in [0.4, 0.5) is 17.1 Å². The highest BCUT2D eigenvalue weighted by Crippen LogP contribution is 2.34. The molecule has 0 spiro atoms. The highest BCUT2D eigenvalue weighted by molar-refractivity contribution is 5.76. The molecule has 0 aromatic heterocycles. The second-order valence-electron chi connectivity index (χ2n) is 7.56. The first-order chi connectivity index (χ1) is 13.7. The van der Waals surface area contributed by atoms with E-state index in [0.717, 1.165) is 19.3 Å². The molecule has 146 valence electrons. The molecule has 0 atom stereocenters. The van der Waals surface area contributed by atoms with Crippen LogP contribution in [0.1, 0.15) is 42.4 Å². The van der Waals surface area contributed by atoms with Crippen molar-refractivity contribution in [2.45, 2.75) is 46.0 Å². The molecule has 3 aromatic carbocycles. The van der Waals surface area contributed by atoms with Crippen LogP contribution in [-0.2, 0) is 6.42 Å². The molecule has 3 rings (SSSR count). The van der Waals surface area contributed by atoms with Gasteiger partial charge in [0.05, 0.1) is 0 Å². The molecule has 0 aliphatic rings. The Balaban J connectivity index is 1.80. The second kappa shape index (κ2) is 10.1. The summed E-state index contributed by atoms with van der Waals surface area (Å²) < 4.78 is 0. The van der Waals surface area contributed by atoms with Crippen LogP contribution in [0.25, 0.3) is 0 Å². The summed E-state index contributed by atoms with van der Waals surface area (Å²) >= 11 is 0. The van der Waals surface area contributed by atoms with E-state index in [9.17, 15) is 0 Å². The van der Waals surface area contributed by atoms with Crippen molar-refractivity contribution < 1.29 is 5.11 Å². The number of aliphatic hydroxyl groups is 1. The van der Waals surface area contributed by atoms with Crippen LogP contribution >= 0.6 is 0 Å². The van der Waals surface area contributed by atoms with Gasteiger partial charge in [-0.15, -0.1) is 0 Å². The van der Waals surface area contributed by atoms with Crippen molar-refractivity contribution in [1.29, 1.82) is 0 Å². The van der Waals surface area contributed by atoms with Crippen molar-refractivity contribution >= 4 is 17.1 Å². The molecular weight excluding hydrogens is 342 g/mol. The number of benzene rings is 3. The Morgan fingerprint density at radius 3 is 1.46 bits per heavy atom. The molecule has 2 heteroatoms. The van der Waals surface area contributed by atoms with Crippen LogP contribution in [0.5, 0.6) is 0 Å². The first-order valence-electron chi connectivity index (χ1n) is 10.3. The molecule has 0 aliphatic heterocycles. The van der Waals surface area contributed by atoms with Gasteiger partial charge < -0.3 is 10.0 Å². The number of aryl methyl sites for hydroxylation is 3. The summed E-state index contributed by atoms with van der Waals surface area (Å²) in [4.78, 5) is 2.31. The van der Waals surface area contributed by atoms with Crippen molar-refractivity contribution in [2.75, 3.05) is 11.5 Å². The van der Waals surface area contributed by atoms with Crippen LogP contribution in [0.15, 0.2) is 72.8 Å². The highest BCUT2D eigenvalue weighted by Gasteiger charge is 2.12. The van der Waals surface area contributed by atoms with Crippen LogP contribution in [-0.4, -0.2) is 11.7 Å². The number of hydrogen-bond acceptors (Lipinski definition) is 2. The fourth-order valence-electron chi connectivity index (χ4n) is 3.44. The Hall–Kier alpha value is -2.58. The largest absolute Gasteiger partial charge is 0.396 e. The summed E-state index contributed by atoms with van der Waals surface area (Å²) in [5, 5.41) is 8.88. The quantitative estimate of drug-likeness (QED) is 0.414. The van der Waals surface area contributed by atoms with Crippen LogP contribution < -0.4 is 4.90 Å². The normalized spacial score (nSPS) is 10.8. The molecule has 0 heterocycles. The average molecular weight is 374 g/mol. The molecule has 0 radical (unpaired) electrons. The number of anilines is 3. The van der Waals surface area contributed by atoms with Crippen LogP contribution in [0.3, 0.4) is 0 Å². The third-order valence-corrected chi connectivity index (χ3v) is 5.15. The number of rotatable bonds is 9. The fraction of sp³-hybridized carbons (Fsp3) is 0.308. The summed E-state index contributed by atoms with van der Waals surface area (Å²) in [6.07, 6.45) is 5.49. The van der Waals surface area contributed by atoms with Crippen molar-refractivity contribution in [1.82, 2.24) is 0 Å². The highest BCUT2D eigenvalue weighted by atomic mass is 16.2. The third-order valence-electron chi connectivity index (χ3n) is 5.15. The monoisotopic (exact) mass is 373 g/mol. The number of unbranched alkanes of at least 4 members (excludes halogenated alkanes) is 3. The van der Waals surface area contributed by atoms with Crippen molar-refractivity contribution in [3.8, 4) is 0 Å². The van der Waals surface area contributed by atoms with Gasteiger partial charge in [0, 0.05) is 23.7 Å².